The van der Waals surface area contributed by atoms with Crippen LogP contribution in [0.25, 0.3) is 0 Å². The van der Waals surface area contributed by atoms with Crippen LogP contribution in [0, 0.1) is 6.92 Å². The lowest BCUT2D eigenvalue weighted by molar-refractivity contribution is -0.121. The van der Waals surface area contributed by atoms with Crippen molar-refractivity contribution in [1.82, 2.24) is 10.6 Å². The maximum atomic E-state index is 11.5. The molecule has 0 saturated carbocycles. The van der Waals surface area contributed by atoms with Crippen molar-refractivity contribution in [3.05, 3.63) is 65.2 Å². The first-order chi connectivity index (χ1) is 12.0. The molecule has 0 aromatic heterocycles. The van der Waals surface area contributed by atoms with Gasteiger partial charge in [-0.05, 0) is 44.0 Å². The van der Waals surface area contributed by atoms with Crippen LogP contribution in [0.1, 0.15) is 37.0 Å². The zero-order valence-corrected chi connectivity index (χ0v) is 15.3. The summed E-state index contributed by atoms with van der Waals surface area (Å²) < 4.78 is 5.81. The quantitative estimate of drug-likeness (QED) is 0.686. The normalized spacial score (nSPS) is 10.7. The summed E-state index contributed by atoms with van der Waals surface area (Å²) in [5.74, 6) is 0.947. The minimum absolute atomic E-state index is 0.0855. The third-order valence-corrected chi connectivity index (χ3v) is 3.76. The molecule has 4 heteroatoms. The molecule has 0 unspecified atom stereocenters. The van der Waals surface area contributed by atoms with Crippen LogP contribution in [0.3, 0.4) is 0 Å². The van der Waals surface area contributed by atoms with E-state index in [0.717, 1.165) is 17.9 Å². The van der Waals surface area contributed by atoms with Crippen molar-refractivity contribution in [2.24, 2.45) is 0 Å². The molecule has 2 rings (SSSR count). The Morgan fingerprint density at radius 3 is 2.28 bits per heavy atom. The van der Waals surface area contributed by atoms with Crippen molar-refractivity contribution in [2.75, 3.05) is 6.54 Å². The molecule has 1 amide bonds. The molecule has 2 aromatic rings. The van der Waals surface area contributed by atoms with E-state index >= 15 is 0 Å². The molecule has 0 fully saturated rings. The lowest BCUT2D eigenvalue weighted by Gasteiger charge is -2.10. The fourth-order valence-electron chi connectivity index (χ4n) is 2.38. The number of hydrogen-bond acceptors (Lipinski definition) is 3. The van der Waals surface area contributed by atoms with Crippen molar-refractivity contribution < 1.29 is 9.53 Å². The lowest BCUT2D eigenvalue weighted by atomic mass is 10.2. The lowest BCUT2D eigenvalue weighted by Crippen LogP contribution is -2.32. The predicted octanol–water partition coefficient (Wildman–Crippen LogP) is 3.58. The summed E-state index contributed by atoms with van der Waals surface area (Å²) in [4.78, 5) is 11.5. The van der Waals surface area contributed by atoms with Crippen molar-refractivity contribution in [3.8, 4) is 5.75 Å². The van der Waals surface area contributed by atoms with E-state index in [4.69, 9.17) is 4.74 Å². The molecule has 2 aromatic carbocycles. The highest BCUT2D eigenvalue weighted by atomic mass is 16.5. The first kappa shape index (κ1) is 19.0. The largest absolute Gasteiger partial charge is 0.489 e. The summed E-state index contributed by atoms with van der Waals surface area (Å²) in [7, 11) is 0. The smallest absolute Gasteiger partial charge is 0.221 e. The number of benzene rings is 2. The second kappa shape index (κ2) is 9.84. The van der Waals surface area contributed by atoms with Crippen LogP contribution in [0.15, 0.2) is 48.5 Å². The topological polar surface area (TPSA) is 50.4 Å². The molecule has 0 heterocycles. The molecular weight excluding hydrogens is 312 g/mol. The monoisotopic (exact) mass is 340 g/mol. The van der Waals surface area contributed by atoms with E-state index in [1.807, 2.05) is 38.1 Å². The Morgan fingerprint density at radius 1 is 1.00 bits per heavy atom. The second-order valence-electron chi connectivity index (χ2n) is 6.57. The zero-order valence-electron chi connectivity index (χ0n) is 15.3. The number of carbonyl (C=O) groups is 1. The number of rotatable bonds is 9. The number of amides is 1. The SMILES string of the molecule is Cc1ccc(COc2ccc(CNCCC(=O)NC(C)C)cc2)cc1. The highest BCUT2D eigenvalue weighted by Crippen LogP contribution is 2.14. The van der Waals surface area contributed by atoms with Gasteiger partial charge in [-0.3, -0.25) is 4.79 Å². The van der Waals surface area contributed by atoms with Crippen LogP contribution in [0.5, 0.6) is 5.75 Å². The van der Waals surface area contributed by atoms with Gasteiger partial charge in [0.05, 0.1) is 0 Å². The summed E-state index contributed by atoms with van der Waals surface area (Å²) in [5.41, 5.74) is 3.59. The summed E-state index contributed by atoms with van der Waals surface area (Å²) in [5, 5.41) is 6.17. The first-order valence-corrected chi connectivity index (χ1v) is 8.80. The Kier molecular flexibility index (Phi) is 7.48. The van der Waals surface area contributed by atoms with E-state index in [0.29, 0.717) is 19.6 Å². The van der Waals surface area contributed by atoms with Crippen molar-refractivity contribution in [1.29, 1.82) is 0 Å². The summed E-state index contributed by atoms with van der Waals surface area (Å²) in [6.07, 6.45) is 0.496. The van der Waals surface area contributed by atoms with Gasteiger partial charge < -0.3 is 15.4 Å². The molecule has 0 spiro atoms. The average Bonchev–Trinajstić information content (AvgIpc) is 2.59. The average molecular weight is 340 g/mol. The summed E-state index contributed by atoms with van der Waals surface area (Å²) in [6, 6.07) is 16.6. The standard InChI is InChI=1S/C21H28N2O2/c1-16(2)23-21(24)12-13-22-14-18-8-10-20(11-9-18)25-15-19-6-4-17(3)5-7-19/h4-11,16,22H,12-15H2,1-3H3,(H,23,24). The van der Waals surface area contributed by atoms with Crippen LogP contribution in [0.4, 0.5) is 0 Å². The van der Waals surface area contributed by atoms with Crippen LogP contribution < -0.4 is 15.4 Å². The number of nitrogens with one attached hydrogen (secondary N) is 2. The third kappa shape index (κ3) is 7.40. The highest BCUT2D eigenvalue weighted by molar-refractivity contribution is 5.76. The predicted molar refractivity (Wildman–Crippen MR) is 102 cm³/mol. The Morgan fingerprint density at radius 2 is 1.64 bits per heavy atom. The number of aryl methyl sites for hydroxylation is 1. The molecule has 0 aliphatic rings. The molecule has 0 saturated heterocycles. The van der Waals surface area contributed by atoms with Crippen LogP contribution in [-0.4, -0.2) is 18.5 Å². The molecule has 0 radical (unpaired) electrons. The van der Waals surface area contributed by atoms with Crippen molar-refractivity contribution >= 4 is 5.91 Å². The Bertz CT molecular complexity index is 649. The van der Waals surface area contributed by atoms with Crippen molar-refractivity contribution in [3.63, 3.8) is 0 Å². The third-order valence-electron chi connectivity index (χ3n) is 3.76. The summed E-state index contributed by atoms with van der Waals surface area (Å²) >= 11 is 0. The first-order valence-electron chi connectivity index (χ1n) is 8.80. The molecule has 0 aliphatic heterocycles. The fraction of sp³-hybridized carbons (Fsp3) is 0.381. The van der Waals surface area contributed by atoms with E-state index in [9.17, 15) is 4.79 Å². The molecule has 134 valence electrons. The highest BCUT2D eigenvalue weighted by Gasteiger charge is 2.02. The van der Waals surface area contributed by atoms with Gasteiger partial charge in [-0.2, -0.15) is 0 Å². The van der Waals surface area contributed by atoms with E-state index in [1.165, 1.54) is 11.1 Å². The van der Waals surface area contributed by atoms with Gasteiger partial charge in [-0.25, -0.2) is 0 Å². The van der Waals surface area contributed by atoms with Gasteiger partial charge in [0, 0.05) is 25.6 Å². The van der Waals surface area contributed by atoms with E-state index in [-0.39, 0.29) is 11.9 Å². The van der Waals surface area contributed by atoms with Gasteiger partial charge in [0.15, 0.2) is 0 Å². The minimum atomic E-state index is 0.0855. The molecule has 0 bridgehead atoms. The van der Waals surface area contributed by atoms with Gasteiger partial charge >= 0.3 is 0 Å². The number of hydrogen-bond donors (Lipinski definition) is 2. The molecule has 25 heavy (non-hydrogen) atoms. The molecule has 2 N–H and O–H groups in total. The van der Waals surface area contributed by atoms with Gasteiger partial charge in [0.25, 0.3) is 0 Å². The minimum Gasteiger partial charge on any atom is -0.489 e. The zero-order chi connectivity index (χ0) is 18.1. The van der Waals surface area contributed by atoms with Gasteiger partial charge in [0.1, 0.15) is 12.4 Å². The van der Waals surface area contributed by atoms with Gasteiger partial charge in [0.2, 0.25) is 5.91 Å². The molecule has 0 atom stereocenters. The second-order valence-corrected chi connectivity index (χ2v) is 6.57. The number of carbonyl (C=O) groups excluding carboxylic acids is 1. The van der Waals surface area contributed by atoms with Crippen LogP contribution in [-0.2, 0) is 17.9 Å². The van der Waals surface area contributed by atoms with E-state index < -0.39 is 0 Å². The Balaban J connectivity index is 1.69. The maximum absolute atomic E-state index is 11.5. The van der Waals surface area contributed by atoms with E-state index in [1.54, 1.807) is 0 Å². The molecule has 0 aliphatic carbocycles. The fourth-order valence-corrected chi connectivity index (χ4v) is 2.38. The Labute approximate surface area is 150 Å². The number of ether oxygens (including phenoxy) is 1. The van der Waals surface area contributed by atoms with Gasteiger partial charge in [-0.15, -0.1) is 0 Å². The maximum Gasteiger partial charge on any atom is 0.221 e. The molecule has 4 nitrogen and oxygen atoms in total. The Hall–Kier alpha value is -2.33. The van der Waals surface area contributed by atoms with Gasteiger partial charge in [-0.1, -0.05) is 42.0 Å². The van der Waals surface area contributed by atoms with E-state index in [2.05, 4.69) is 41.8 Å². The van der Waals surface area contributed by atoms with Crippen LogP contribution >= 0.6 is 0 Å². The molecular formula is C21H28N2O2. The van der Waals surface area contributed by atoms with Crippen LogP contribution in [0.2, 0.25) is 0 Å². The van der Waals surface area contributed by atoms with Crippen molar-refractivity contribution in [2.45, 2.75) is 46.4 Å². The summed E-state index contributed by atoms with van der Waals surface area (Å²) in [6.45, 7) is 8.00.